The highest BCUT2D eigenvalue weighted by atomic mass is 19.1. The molecule has 1 aromatic carbocycles. The van der Waals surface area contributed by atoms with Gasteiger partial charge in [0.05, 0.1) is 6.54 Å². The van der Waals surface area contributed by atoms with Crippen molar-refractivity contribution in [3.8, 4) is 0 Å². The van der Waals surface area contributed by atoms with E-state index < -0.39 is 0 Å². The van der Waals surface area contributed by atoms with Crippen molar-refractivity contribution in [1.29, 1.82) is 0 Å². The Labute approximate surface area is 125 Å². The van der Waals surface area contributed by atoms with Gasteiger partial charge in [-0.3, -0.25) is 4.99 Å². The number of nitrogens with zero attached hydrogens (tertiary/aromatic N) is 2. The Kier molecular flexibility index (Phi) is 5.56. The van der Waals surface area contributed by atoms with E-state index in [2.05, 4.69) is 16.8 Å². The van der Waals surface area contributed by atoms with E-state index in [-0.39, 0.29) is 11.9 Å². The molecule has 5 heteroatoms. The minimum absolute atomic E-state index is 0.201. The van der Waals surface area contributed by atoms with Crippen LogP contribution in [0.4, 0.5) is 4.39 Å². The Balaban J connectivity index is 1.95. The van der Waals surface area contributed by atoms with Gasteiger partial charge in [-0.1, -0.05) is 19.1 Å². The number of guanidine groups is 1. The second-order valence-electron chi connectivity index (χ2n) is 5.64. The molecule has 1 unspecified atom stereocenters. The summed E-state index contributed by atoms with van der Waals surface area (Å²) < 4.78 is 18.4. The number of aliphatic imine (C=N–C) groups is 1. The summed E-state index contributed by atoms with van der Waals surface area (Å²) in [5.41, 5.74) is 6.96. The van der Waals surface area contributed by atoms with Crippen molar-refractivity contribution in [1.82, 2.24) is 4.90 Å². The molecule has 1 aliphatic rings. The average molecular weight is 293 g/mol. The van der Waals surface area contributed by atoms with Gasteiger partial charge in [0, 0.05) is 20.2 Å². The third kappa shape index (κ3) is 4.43. The van der Waals surface area contributed by atoms with E-state index in [0.717, 1.165) is 37.4 Å². The van der Waals surface area contributed by atoms with Crippen molar-refractivity contribution in [3.05, 3.63) is 35.6 Å². The topological polar surface area (TPSA) is 50.9 Å². The van der Waals surface area contributed by atoms with Gasteiger partial charge in [0.2, 0.25) is 0 Å². The summed E-state index contributed by atoms with van der Waals surface area (Å²) in [6, 6.07) is 6.30. The predicted octanol–water partition coefficient (Wildman–Crippen LogP) is 2.56. The highest BCUT2D eigenvalue weighted by Crippen LogP contribution is 2.18. The number of methoxy groups -OCH3 is 1. The Morgan fingerprint density at radius 1 is 1.38 bits per heavy atom. The van der Waals surface area contributed by atoms with Crippen LogP contribution in [0.2, 0.25) is 0 Å². The lowest BCUT2D eigenvalue weighted by atomic mass is 10.00. The monoisotopic (exact) mass is 293 g/mol. The van der Waals surface area contributed by atoms with Gasteiger partial charge in [-0.05, 0) is 36.5 Å². The van der Waals surface area contributed by atoms with Crippen LogP contribution >= 0.6 is 0 Å². The highest BCUT2D eigenvalue weighted by Gasteiger charge is 2.17. The number of benzene rings is 1. The minimum Gasteiger partial charge on any atom is -0.375 e. The number of piperidine rings is 1. The van der Waals surface area contributed by atoms with Gasteiger partial charge in [-0.25, -0.2) is 4.39 Å². The zero-order valence-corrected chi connectivity index (χ0v) is 12.8. The van der Waals surface area contributed by atoms with Gasteiger partial charge in [-0.2, -0.15) is 0 Å². The van der Waals surface area contributed by atoms with Crippen molar-refractivity contribution < 1.29 is 9.13 Å². The van der Waals surface area contributed by atoms with Crippen molar-refractivity contribution >= 4 is 5.96 Å². The number of halogens is 1. The molecule has 2 rings (SSSR count). The van der Waals surface area contributed by atoms with Crippen LogP contribution in [0.25, 0.3) is 0 Å². The molecule has 1 saturated heterocycles. The Hall–Kier alpha value is -1.62. The smallest absolute Gasteiger partial charge is 0.191 e. The molecular formula is C16H24FN3O. The second-order valence-corrected chi connectivity index (χ2v) is 5.64. The fourth-order valence-electron chi connectivity index (χ4n) is 2.51. The SMILES string of the molecule is COC(CN=C(N)N1CCC(C)CC1)c1ccc(F)cc1. The van der Waals surface area contributed by atoms with E-state index in [9.17, 15) is 4.39 Å². The molecule has 4 nitrogen and oxygen atoms in total. The summed E-state index contributed by atoms with van der Waals surface area (Å²) in [6.07, 6.45) is 2.11. The maximum atomic E-state index is 12.9. The first-order chi connectivity index (χ1) is 10.1. The summed E-state index contributed by atoms with van der Waals surface area (Å²) in [5.74, 6) is 1.09. The highest BCUT2D eigenvalue weighted by molar-refractivity contribution is 5.78. The van der Waals surface area contributed by atoms with Gasteiger partial charge >= 0.3 is 0 Å². The Bertz CT molecular complexity index is 467. The second kappa shape index (κ2) is 7.41. The number of likely N-dealkylation sites (tertiary alicyclic amines) is 1. The van der Waals surface area contributed by atoms with Crippen molar-refractivity contribution in [2.45, 2.75) is 25.9 Å². The summed E-state index contributed by atoms with van der Waals surface area (Å²) in [5, 5.41) is 0. The van der Waals surface area contributed by atoms with E-state index in [0.29, 0.717) is 12.5 Å². The molecule has 0 spiro atoms. The molecule has 116 valence electrons. The van der Waals surface area contributed by atoms with Crippen molar-refractivity contribution in [3.63, 3.8) is 0 Å². The van der Waals surface area contributed by atoms with Gasteiger partial charge in [0.25, 0.3) is 0 Å². The van der Waals surface area contributed by atoms with Crippen molar-refractivity contribution in [2.75, 3.05) is 26.7 Å². The van der Waals surface area contributed by atoms with E-state index in [1.54, 1.807) is 19.2 Å². The molecule has 0 aromatic heterocycles. The fourth-order valence-corrected chi connectivity index (χ4v) is 2.51. The first kappa shape index (κ1) is 15.8. The lowest BCUT2D eigenvalue weighted by Gasteiger charge is -2.31. The Morgan fingerprint density at radius 3 is 2.57 bits per heavy atom. The number of hydrogen-bond acceptors (Lipinski definition) is 2. The number of rotatable bonds is 4. The Morgan fingerprint density at radius 2 is 2.00 bits per heavy atom. The first-order valence-electron chi connectivity index (χ1n) is 7.43. The van der Waals surface area contributed by atoms with Crippen LogP contribution in [0.3, 0.4) is 0 Å². The molecule has 1 aliphatic heterocycles. The molecule has 1 heterocycles. The largest absolute Gasteiger partial charge is 0.375 e. The number of hydrogen-bond donors (Lipinski definition) is 1. The minimum atomic E-state index is -0.251. The molecule has 1 fully saturated rings. The molecule has 0 bridgehead atoms. The first-order valence-corrected chi connectivity index (χ1v) is 7.43. The van der Waals surface area contributed by atoms with E-state index >= 15 is 0 Å². The lowest BCUT2D eigenvalue weighted by Crippen LogP contribution is -2.42. The number of ether oxygens (including phenoxy) is 1. The van der Waals surface area contributed by atoms with Gasteiger partial charge in [0.1, 0.15) is 11.9 Å². The molecule has 0 saturated carbocycles. The van der Waals surface area contributed by atoms with Gasteiger partial charge in [0.15, 0.2) is 5.96 Å². The molecule has 0 radical (unpaired) electrons. The zero-order chi connectivity index (χ0) is 15.2. The third-order valence-electron chi connectivity index (χ3n) is 4.05. The molecular weight excluding hydrogens is 269 g/mol. The van der Waals surface area contributed by atoms with Crippen LogP contribution in [0.1, 0.15) is 31.4 Å². The molecule has 21 heavy (non-hydrogen) atoms. The van der Waals surface area contributed by atoms with Crippen LogP contribution in [0.15, 0.2) is 29.3 Å². The van der Waals surface area contributed by atoms with E-state index in [4.69, 9.17) is 10.5 Å². The molecule has 0 aliphatic carbocycles. The van der Waals surface area contributed by atoms with E-state index in [1.165, 1.54) is 12.1 Å². The maximum Gasteiger partial charge on any atom is 0.191 e. The summed E-state index contributed by atoms with van der Waals surface area (Å²) in [6.45, 7) is 4.63. The quantitative estimate of drug-likeness (QED) is 0.685. The van der Waals surface area contributed by atoms with Crippen LogP contribution in [0, 0.1) is 11.7 Å². The number of nitrogens with two attached hydrogens (primary N) is 1. The third-order valence-corrected chi connectivity index (χ3v) is 4.05. The van der Waals surface area contributed by atoms with Crippen LogP contribution in [-0.2, 0) is 4.74 Å². The molecule has 0 amide bonds. The standard InChI is InChI=1S/C16H24FN3O/c1-12-7-9-20(10-8-12)16(18)19-11-15(21-2)13-3-5-14(17)6-4-13/h3-6,12,15H,7-11H2,1-2H3,(H2,18,19). The summed E-state index contributed by atoms with van der Waals surface area (Å²) in [4.78, 5) is 6.57. The zero-order valence-electron chi connectivity index (χ0n) is 12.8. The predicted molar refractivity (Wildman–Crippen MR) is 82.6 cm³/mol. The van der Waals surface area contributed by atoms with E-state index in [1.807, 2.05) is 0 Å². The van der Waals surface area contributed by atoms with Gasteiger partial charge < -0.3 is 15.4 Å². The van der Waals surface area contributed by atoms with Crippen LogP contribution in [-0.4, -0.2) is 37.6 Å². The fraction of sp³-hybridized carbons (Fsp3) is 0.562. The molecule has 2 N–H and O–H groups in total. The van der Waals surface area contributed by atoms with Crippen LogP contribution < -0.4 is 5.73 Å². The van der Waals surface area contributed by atoms with Crippen molar-refractivity contribution in [2.24, 2.45) is 16.6 Å². The maximum absolute atomic E-state index is 12.9. The molecule has 1 aromatic rings. The van der Waals surface area contributed by atoms with Crippen LogP contribution in [0.5, 0.6) is 0 Å². The lowest BCUT2D eigenvalue weighted by molar-refractivity contribution is 0.110. The average Bonchev–Trinajstić information content (AvgIpc) is 2.50. The summed E-state index contributed by atoms with van der Waals surface area (Å²) >= 11 is 0. The molecule has 1 atom stereocenters. The summed E-state index contributed by atoms with van der Waals surface area (Å²) in [7, 11) is 1.63. The normalized spacial score (nSPS) is 18.8. The van der Waals surface area contributed by atoms with Gasteiger partial charge in [-0.15, -0.1) is 0 Å².